The maximum atomic E-state index is 12.3. The zero-order chi connectivity index (χ0) is 20.9. The molecule has 0 heterocycles. The molecule has 1 amide bonds. The van der Waals surface area contributed by atoms with Crippen molar-refractivity contribution in [2.75, 3.05) is 18.5 Å². The average molecular weight is 403 g/mol. The van der Waals surface area contributed by atoms with Crippen molar-refractivity contribution in [1.82, 2.24) is 0 Å². The molecule has 0 radical (unpaired) electrons. The lowest BCUT2D eigenvalue weighted by molar-refractivity contribution is -0.137. The van der Waals surface area contributed by atoms with Crippen LogP contribution in [-0.2, 0) is 9.53 Å². The van der Waals surface area contributed by atoms with Gasteiger partial charge >= 0.3 is 12.1 Å². The molecule has 3 aromatic rings. The van der Waals surface area contributed by atoms with Crippen molar-refractivity contribution in [3.05, 3.63) is 83.9 Å². The maximum Gasteiger partial charge on any atom is 0.411 e. The number of carbonyl (C=O) groups excluding carboxylic acids is 1. The van der Waals surface area contributed by atoms with Gasteiger partial charge in [0.2, 0.25) is 0 Å². The maximum absolute atomic E-state index is 12.3. The van der Waals surface area contributed by atoms with Crippen LogP contribution in [0.5, 0.6) is 5.75 Å². The first-order valence-corrected chi connectivity index (χ1v) is 9.68. The lowest BCUT2D eigenvalue weighted by atomic mass is 9.98. The minimum atomic E-state index is -0.913. The van der Waals surface area contributed by atoms with Crippen molar-refractivity contribution in [3.8, 4) is 16.9 Å². The van der Waals surface area contributed by atoms with Gasteiger partial charge in [-0.2, -0.15) is 0 Å². The van der Waals surface area contributed by atoms with E-state index in [1.54, 1.807) is 24.3 Å². The largest absolute Gasteiger partial charge is 0.493 e. The van der Waals surface area contributed by atoms with Crippen molar-refractivity contribution in [2.24, 2.45) is 0 Å². The van der Waals surface area contributed by atoms with Crippen LogP contribution in [0.25, 0.3) is 11.1 Å². The third-order valence-electron chi connectivity index (χ3n) is 5.03. The Morgan fingerprint density at radius 2 is 1.47 bits per heavy atom. The van der Waals surface area contributed by atoms with Gasteiger partial charge in [0, 0.05) is 11.6 Å². The predicted octanol–water partition coefficient (Wildman–Crippen LogP) is 4.90. The van der Waals surface area contributed by atoms with Crippen molar-refractivity contribution in [2.45, 2.75) is 12.3 Å². The van der Waals surface area contributed by atoms with Gasteiger partial charge in [0.1, 0.15) is 12.4 Å². The number of carbonyl (C=O) groups is 2. The molecule has 0 aliphatic heterocycles. The molecule has 1 aliphatic carbocycles. The molecular weight excluding hydrogens is 382 g/mol. The first kappa shape index (κ1) is 19.5. The molecule has 0 unspecified atom stereocenters. The molecule has 6 heteroatoms. The fourth-order valence-electron chi connectivity index (χ4n) is 3.64. The second-order valence-electron chi connectivity index (χ2n) is 6.97. The van der Waals surface area contributed by atoms with E-state index in [0.717, 1.165) is 11.1 Å². The summed E-state index contributed by atoms with van der Waals surface area (Å²) in [7, 11) is 0. The summed E-state index contributed by atoms with van der Waals surface area (Å²) in [5.74, 6) is -0.369. The minimum Gasteiger partial charge on any atom is -0.493 e. The summed E-state index contributed by atoms with van der Waals surface area (Å²) in [6, 6.07) is 23.0. The van der Waals surface area contributed by atoms with E-state index < -0.39 is 12.1 Å². The topological polar surface area (TPSA) is 84.9 Å². The van der Waals surface area contributed by atoms with Gasteiger partial charge < -0.3 is 14.6 Å². The molecule has 2 N–H and O–H groups in total. The van der Waals surface area contributed by atoms with E-state index in [2.05, 4.69) is 29.6 Å². The number of benzene rings is 3. The molecule has 0 aromatic heterocycles. The molecule has 3 aromatic carbocycles. The summed E-state index contributed by atoms with van der Waals surface area (Å²) in [6.45, 7) is 0.338. The summed E-state index contributed by atoms with van der Waals surface area (Å²) >= 11 is 0. The minimum absolute atomic E-state index is 0.00756. The number of fused-ring (bicyclic) bond motifs is 3. The van der Waals surface area contributed by atoms with E-state index in [4.69, 9.17) is 14.6 Å². The number of hydrogen-bond donors (Lipinski definition) is 2. The Morgan fingerprint density at radius 3 is 2.07 bits per heavy atom. The van der Waals surface area contributed by atoms with Crippen LogP contribution in [0.2, 0.25) is 0 Å². The zero-order valence-corrected chi connectivity index (χ0v) is 16.2. The Bertz CT molecular complexity index is 1020. The van der Waals surface area contributed by atoms with Gasteiger partial charge in [0.05, 0.1) is 13.0 Å². The SMILES string of the molecule is O=C(O)CCOc1ccc(NC(=O)OCC2c3ccccc3-c3ccccc32)cc1. The second kappa shape index (κ2) is 8.69. The van der Waals surface area contributed by atoms with Gasteiger partial charge in [0.25, 0.3) is 0 Å². The molecule has 0 saturated heterocycles. The van der Waals surface area contributed by atoms with Crippen LogP contribution in [-0.4, -0.2) is 30.4 Å². The summed E-state index contributed by atoms with van der Waals surface area (Å²) in [6.07, 6.45) is -0.601. The fraction of sp³-hybridized carbons (Fsp3) is 0.167. The van der Waals surface area contributed by atoms with E-state index in [0.29, 0.717) is 11.4 Å². The van der Waals surface area contributed by atoms with Gasteiger partial charge in [-0.05, 0) is 46.5 Å². The van der Waals surface area contributed by atoms with Crippen LogP contribution in [0, 0.1) is 0 Å². The Morgan fingerprint density at radius 1 is 0.867 bits per heavy atom. The van der Waals surface area contributed by atoms with Crippen molar-refractivity contribution >= 4 is 17.7 Å². The number of carboxylic acids is 1. The third kappa shape index (κ3) is 4.27. The molecule has 0 atom stereocenters. The van der Waals surface area contributed by atoms with Crippen LogP contribution in [0.15, 0.2) is 72.8 Å². The summed E-state index contributed by atoms with van der Waals surface area (Å²) in [5.41, 5.74) is 5.25. The Hall–Kier alpha value is -3.80. The van der Waals surface area contributed by atoms with Crippen LogP contribution in [0.3, 0.4) is 0 Å². The lowest BCUT2D eigenvalue weighted by Crippen LogP contribution is -2.17. The first-order chi connectivity index (χ1) is 14.6. The van der Waals surface area contributed by atoms with Gasteiger partial charge in [-0.1, -0.05) is 48.5 Å². The highest BCUT2D eigenvalue weighted by molar-refractivity contribution is 5.85. The first-order valence-electron chi connectivity index (χ1n) is 9.68. The van der Waals surface area contributed by atoms with Crippen LogP contribution >= 0.6 is 0 Å². The average Bonchev–Trinajstić information content (AvgIpc) is 3.07. The lowest BCUT2D eigenvalue weighted by Gasteiger charge is -2.14. The highest BCUT2D eigenvalue weighted by atomic mass is 16.5. The van der Waals surface area contributed by atoms with Gasteiger partial charge in [-0.25, -0.2) is 4.79 Å². The van der Waals surface area contributed by atoms with Crippen molar-refractivity contribution in [3.63, 3.8) is 0 Å². The number of ether oxygens (including phenoxy) is 2. The van der Waals surface area contributed by atoms with E-state index in [1.807, 2.05) is 24.3 Å². The molecule has 0 spiro atoms. The molecule has 6 nitrogen and oxygen atoms in total. The van der Waals surface area contributed by atoms with Gasteiger partial charge in [-0.15, -0.1) is 0 Å². The zero-order valence-electron chi connectivity index (χ0n) is 16.2. The van der Waals surface area contributed by atoms with E-state index in [1.165, 1.54) is 11.1 Å². The summed E-state index contributed by atoms with van der Waals surface area (Å²) < 4.78 is 10.9. The number of carboxylic acid groups (broad SMARTS) is 1. The molecule has 0 saturated carbocycles. The summed E-state index contributed by atoms with van der Waals surface area (Å²) in [5, 5.41) is 11.3. The normalized spacial score (nSPS) is 12.0. The third-order valence-corrected chi connectivity index (χ3v) is 5.03. The van der Waals surface area contributed by atoms with Gasteiger partial charge in [-0.3, -0.25) is 10.1 Å². The Balaban J connectivity index is 1.35. The van der Waals surface area contributed by atoms with E-state index in [9.17, 15) is 9.59 Å². The smallest absolute Gasteiger partial charge is 0.411 e. The standard InChI is InChI=1S/C24H21NO5/c26-23(27)13-14-29-17-11-9-16(10-12-17)25-24(28)30-15-22-20-7-3-1-5-18(20)19-6-2-4-8-21(19)22/h1-12,22H,13-15H2,(H,25,28)(H,26,27). The van der Waals surface area contributed by atoms with Crippen molar-refractivity contribution < 1.29 is 24.2 Å². The van der Waals surface area contributed by atoms with Crippen LogP contribution in [0.4, 0.5) is 10.5 Å². The fourth-order valence-corrected chi connectivity index (χ4v) is 3.64. The molecular formula is C24H21NO5. The summed E-state index contributed by atoms with van der Waals surface area (Å²) in [4.78, 5) is 22.8. The molecule has 30 heavy (non-hydrogen) atoms. The molecule has 152 valence electrons. The molecule has 0 fully saturated rings. The van der Waals surface area contributed by atoms with E-state index >= 15 is 0 Å². The number of hydrogen-bond acceptors (Lipinski definition) is 4. The number of amides is 1. The highest BCUT2D eigenvalue weighted by Gasteiger charge is 2.28. The number of nitrogens with one attached hydrogen (secondary N) is 1. The number of aliphatic carboxylic acids is 1. The molecule has 4 rings (SSSR count). The van der Waals surface area contributed by atoms with Crippen LogP contribution in [0.1, 0.15) is 23.5 Å². The van der Waals surface area contributed by atoms with Gasteiger partial charge in [0.15, 0.2) is 0 Å². The number of rotatable bonds is 7. The van der Waals surface area contributed by atoms with Crippen molar-refractivity contribution in [1.29, 1.82) is 0 Å². The quantitative estimate of drug-likeness (QED) is 0.586. The highest BCUT2D eigenvalue weighted by Crippen LogP contribution is 2.44. The second-order valence-corrected chi connectivity index (χ2v) is 6.97. The monoisotopic (exact) mass is 403 g/mol. The van der Waals surface area contributed by atoms with Crippen LogP contribution < -0.4 is 10.1 Å². The predicted molar refractivity (Wildman–Crippen MR) is 113 cm³/mol. The Kier molecular flexibility index (Phi) is 5.66. The molecule has 1 aliphatic rings. The van der Waals surface area contributed by atoms with E-state index in [-0.39, 0.29) is 25.6 Å². The number of anilines is 1. The Labute approximate surface area is 174 Å². The molecule has 0 bridgehead atoms.